The summed E-state index contributed by atoms with van der Waals surface area (Å²) in [4.78, 5) is 32.9. The fourth-order valence-electron chi connectivity index (χ4n) is 4.03. The summed E-state index contributed by atoms with van der Waals surface area (Å²) in [5, 5.41) is 4.19. The Morgan fingerprint density at radius 1 is 1.31 bits per heavy atom. The Bertz CT molecular complexity index is 1210. The quantitative estimate of drug-likeness (QED) is 0.410. The van der Waals surface area contributed by atoms with Crippen LogP contribution >= 0.6 is 23.1 Å². The zero-order chi connectivity index (χ0) is 22.8. The molecule has 2 aromatic heterocycles. The average Bonchev–Trinajstić information content (AvgIpc) is 3.40. The standard InChI is InChI=1S/C24H29N3O3S2/c1-5-19-16(4)32-22-21(19)23(29)27(17-9-8-14(2)15(3)11-17)24(26-22)31-13-20(28)25-12-18-7-6-10-30-18/h8-9,11,18H,5-7,10,12-13H2,1-4H3,(H,25,28). The first kappa shape index (κ1) is 23.0. The van der Waals surface area contributed by atoms with Gasteiger partial charge in [-0.2, -0.15) is 0 Å². The van der Waals surface area contributed by atoms with E-state index in [0.29, 0.717) is 17.1 Å². The molecule has 3 heterocycles. The summed E-state index contributed by atoms with van der Waals surface area (Å²) in [5.41, 5.74) is 4.05. The van der Waals surface area contributed by atoms with Crippen molar-refractivity contribution < 1.29 is 9.53 Å². The molecule has 0 radical (unpaired) electrons. The molecule has 1 unspecified atom stereocenters. The van der Waals surface area contributed by atoms with Crippen LogP contribution in [-0.2, 0) is 16.0 Å². The van der Waals surface area contributed by atoms with Crippen LogP contribution in [0.3, 0.4) is 0 Å². The second kappa shape index (κ2) is 9.77. The molecule has 4 rings (SSSR count). The van der Waals surface area contributed by atoms with Crippen LogP contribution in [0.1, 0.15) is 41.3 Å². The van der Waals surface area contributed by atoms with Crippen LogP contribution in [0.2, 0.25) is 0 Å². The third-order valence-corrected chi connectivity index (χ3v) is 7.96. The Hall–Kier alpha value is -2.16. The van der Waals surface area contributed by atoms with Gasteiger partial charge in [-0.1, -0.05) is 24.8 Å². The molecular weight excluding hydrogens is 442 g/mol. The van der Waals surface area contributed by atoms with Crippen LogP contribution < -0.4 is 10.9 Å². The van der Waals surface area contributed by atoms with E-state index in [-0.39, 0.29) is 23.3 Å². The number of ether oxygens (including phenoxy) is 1. The fourth-order valence-corrected chi connectivity index (χ4v) is 6.02. The van der Waals surface area contributed by atoms with Crippen LogP contribution in [0.5, 0.6) is 0 Å². The summed E-state index contributed by atoms with van der Waals surface area (Å²) in [6, 6.07) is 5.98. The number of hydrogen-bond acceptors (Lipinski definition) is 6. The van der Waals surface area contributed by atoms with E-state index in [0.717, 1.165) is 52.4 Å². The van der Waals surface area contributed by atoms with Crippen molar-refractivity contribution in [1.29, 1.82) is 0 Å². The monoisotopic (exact) mass is 471 g/mol. The number of thiophene rings is 1. The lowest BCUT2D eigenvalue weighted by Crippen LogP contribution is -2.33. The number of carbonyl (C=O) groups is 1. The van der Waals surface area contributed by atoms with E-state index in [2.05, 4.69) is 19.2 Å². The molecule has 1 aromatic carbocycles. The van der Waals surface area contributed by atoms with Gasteiger partial charge in [0.1, 0.15) is 4.83 Å². The predicted molar refractivity (Wildman–Crippen MR) is 132 cm³/mol. The minimum Gasteiger partial charge on any atom is -0.376 e. The molecule has 1 amide bonds. The van der Waals surface area contributed by atoms with Crippen molar-refractivity contribution >= 4 is 39.2 Å². The summed E-state index contributed by atoms with van der Waals surface area (Å²) >= 11 is 2.85. The van der Waals surface area contributed by atoms with Gasteiger partial charge in [0, 0.05) is 18.0 Å². The highest BCUT2D eigenvalue weighted by Crippen LogP contribution is 2.30. The van der Waals surface area contributed by atoms with Crippen molar-refractivity contribution in [3.05, 3.63) is 50.1 Å². The van der Waals surface area contributed by atoms with Gasteiger partial charge in [0.25, 0.3) is 5.56 Å². The molecule has 6 nitrogen and oxygen atoms in total. The molecule has 1 atom stereocenters. The van der Waals surface area contributed by atoms with Gasteiger partial charge in [-0.3, -0.25) is 14.2 Å². The maximum atomic E-state index is 13.7. The largest absolute Gasteiger partial charge is 0.376 e. The molecule has 32 heavy (non-hydrogen) atoms. The van der Waals surface area contributed by atoms with Crippen LogP contribution in [0.4, 0.5) is 0 Å². The first-order chi connectivity index (χ1) is 15.4. The molecule has 1 aliphatic rings. The number of nitrogens with one attached hydrogen (secondary N) is 1. The van der Waals surface area contributed by atoms with Gasteiger partial charge in [0.05, 0.1) is 22.9 Å². The van der Waals surface area contributed by atoms with E-state index in [1.807, 2.05) is 32.0 Å². The smallest absolute Gasteiger partial charge is 0.267 e. The number of hydrogen-bond donors (Lipinski definition) is 1. The maximum Gasteiger partial charge on any atom is 0.267 e. The Morgan fingerprint density at radius 3 is 2.81 bits per heavy atom. The van der Waals surface area contributed by atoms with E-state index in [1.54, 1.807) is 15.9 Å². The molecule has 170 valence electrons. The molecule has 1 aliphatic heterocycles. The van der Waals surface area contributed by atoms with Gasteiger partial charge >= 0.3 is 0 Å². The highest BCUT2D eigenvalue weighted by molar-refractivity contribution is 7.99. The molecule has 1 saturated heterocycles. The van der Waals surface area contributed by atoms with Gasteiger partial charge in [-0.25, -0.2) is 4.98 Å². The zero-order valence-corrected chi connectivity index (χ0v) is 20.6. The SMILES string of the molecule is CCc1c(C)sc2nc(SCC(=O)NCC3CCCO3)n(-c3ccc(C)c(C)c3)c(=O)c12. The topological polar surface area (TPSA) is 73.2 Å². The molecule has 0 saturated carbocycles. The number of carbonyl (C=O) groups excluding carboxylic acids is 1. The molecule has 1 fully saturated rings. The molecular formula is C24H29N3O3S2. The first-order valence-corrected chi connectivity index (χ1v) is 12.8. The van der Waals surface area contributed by atoms with E-state index in [4.69, 9.17) is 9.72 Å². The Labute approximate surface area is 196 Å². The summed E-state index contributed by atoms with van der Waals surface area (Å²) in [6.07, 6.45) is 2.92. The minimum atomic E-state index is -0.0805. The molecule has 0 spiro atoms. The van der Waals surface area contributed by atoms with E-state index in [1.165, 1.54) is 17.3 Å². The summed E-state index contributed by atoms with van der Waals surface area (Å²) < 4.78 is 7.24. The van der Waals surface area contributed by atoms with Crippen molar-refractivity contribution in [2.75, 3.05) is 18.9 Å². The lowest BCUT2D eigenvalue weighted by atomic mass is 10.1. The molecule has 1 N–H and O–H groups in total. The summed E-state index contributed by atoms with van der Waals surface area (Å²) in [6.45, 7) is 9.48. The second-order valence-corrected chi connectivity index (χ2v) is 10.3. The normalized spacial score (nSPS) is 16.1. The molecule has 0 aliphatic carbocycles. The number of thioether (sulfide) groups is 1. The van der Waals surface area contributed by atoms with Crippen molar-refractivity contribution in [1.82, 2.24) is 14.9 Å². The molecule has 3 aromatic rings. The van der Waals surface area contributed by atoms with Crippen molar-refractivity contribution in [3.63, 3.8) is 0 Å². The highest BCUT2D eigenvalue weighted by Gasteiger charge is 2.21. The number of nitrogens with zero attached hydrogens (tertiary/aromatic N) is 2. The Kier molecular flexibility index (Phi) is 7.02. The predicted octanol–water partition coefficient (Wildman–Crippen LogP) is 4.32. The second-order valence-electron chi connectivity index (χ2n) is 8.20. The lowest BCUT2D eigenvalue weighted by Gasteiger charge is -2.14. The molecule has 8 heteroatoms. The fraction of sp³-hybridized carbons (Fsp3) is 0.458. The Morgan fingerprint density at radius 2 is 2.12 bits per heavy atom. The van der Waals surface area contributed by atoms with Crippen molar-refractivity contribution in [3.8, 4) is 5.69 Å². The van der Waals surface area contributed by atoms with Gasteiger partial charge < -0.3 is 10.1 Å². The maximum absolute atomic E-state index is 13.7. The lowest BCUT2D eigenvalue weighted by molar-refractivity contribution is -0.119. The van der Waals surface area contributed by atoms with E-state index in [9.17, 15) is 9.59 Å². The number of fused-ring (bicyclic) bond motifs is 1. The van der Waals surface area contributed by atoms with Crippen LogP contribution in [0.25, 0.3) is 15.9 Å². The van der Waals surface area contributed by atoms with Gasteiger partial charge in [0.15, 0.2) is 5.16 Å². The van der Waals surface area contributed by atoms with Gasteiger partial charge in [0.2, 0.25) is 5.91 Å². The van der Waals surface area contributed by atoms with Crippen molar-refractivity contribution in [2.24, 2.45) is 0 Å². The Balaban J connectivity index is 1.69. The number of rotatable bonds is 7. The average molecular weight is 472 g/mol. The summed E-state index contributed by atoms with van der Waals surface area (Å²) in [7, 11) is 0. The van der Waals surface area contributed by atoms with Gasteiger partial charge in [-0.05, 0) is 68.9 Å². The van der Waals surface area contributed by atoms with Gasteiger partial charge in [-0.15, -0.1) is 11.3 Å². The first-order valence-electron chi connectivity index (χ1n) is 11.0. The minimum absolute atomic E-state index is 0.0679. The number of aryl methyl sites for hydroxylation is 4. The molecule has 0 bridgehead atoms. The van der Waals surface area contributed by atoms with Crippen LogP contribution in [0, 0.1) is 20.8 Å². The highest BCUT2D eigenvalue weighted by atomic mass is 32.2. The van der Waals surface area contributed by atoms with Crippen LogP contribution in [0.15, 0.2) is 28.2 Å². The third kappa shape index (κ3) is 4.63. The summed E-state index contributed by atoms with van der Waals surface area (Å²) in [5.74, 6) is 0.114. The zero-order valence-electron chi connectivity index (χ0n) is 19.0. The van der Waals surface area contributed by atoms with E-state index >= 15 is 0 Å². The van der Waals surface area contributed by atoms with Crippen LogP contribution in [-0.4, -0.2) is 40.5 Å². The third-order valence-electron chi connectivity index (χ3n) is 5.98. The van der Waals surface area contributed by atoms with Crippen molar-refractivity contribution in [2.45, 2.75) is 58.2 Å². The number of amides is 1. The number of benzene rings is 1. The number of aromatic nitrogens is 2. The van der Waals surface area contributed by atoms with E-state index < -0.39 is 0 Å².